The van der Waals surface area contributed by atoms with E-state index in [1.165, 1.54) is 38.6 Å². The van der Waals surface area contributed by atoms with E-state index in [0.29, 0.717) is 6.54 Å². The second-order valence-electron chi connectivity index (χ2n) is 6.16. The quantitative estimate of drug-likeness (QED) is 0.666. The number of nitrogens with zero attached hydrogens (tertiary/aromatic N) is 1. The Balaban J connectivity index is 0.00000200. The molecule has 126 valence electrons. The molecule has 0 spiro atoms. The highest BCUT2D eigenvalue weighted by molar-refractivity contribution is 5.85. The summed E-state index contributed by atoms with van der Waals surface area (Å²) in [7, 11) is 0. The van der Waals surface area contributed by atoms with Gasteiger partial charge in [0.05, 0.1) is 6.54 Å². The van der Waals surface area contributed by atoms with Crippen LogP contribution in [0.5, 0.6) is 0 Å². The van der Waals surface area contributed by atoms with Crippen molar-refractivity contribution >= 4 is 30.7 Å². The van der Waals surface area contributed by atoms with E-state index < -0.39 is 0 Å². The monoisotopic (exact) mass is 339 g/mol. The topological polar surface area (TPSA) is 44.4 Å². The Morgan fingerprint density at radius 2 is 1.95 bits per heavy atom. The molecule has 1 aliphatic heterocycles. The van der Waals surface area contributed by atoms with E-state index >= 15 is 0 Å². The molecule has 2 N–H and O–H groups in total. The maximum atomic E-state index is 11.6. The number of piperidine rings is 1. The molecule has 1 amide bonds. The molecule has 0 radical (unpaired) electrons. The summed E-state index contributed by atoms with van der Waals surface area (Å²) in [4.78, 5) is 14.1. The zero-order valence-corrected chi connectivity index (χ0v) is 14.7. The summed E-state index contributed by atoms with van der Waals surface area (Å²) in [6.07, 6.45) is 7.78. The first kappa shape index (κ1) is 21.0. The van der Waals surface area contributed by atoms with Gasteiger partial charge in [-0.05, 0) is 58.0 Å². The van der Waals surface area contributed by atoms with Gasteiger partial charge in [0, 0.05) is 19.1 Å². The molecule has 1 aliphatic carbocycles. The molecule has 6 heteroatoms. The van der Waals surface area contributed by atoms with Crippen LogP contribution in [0.25, 0.3) is 0 Å². The normalized spacial score (nSPS) is 22.0. The van der Waals surface area contributed by atoms with E-state index in [2.05, 4.69) is 22.5 Å². The minimum Gasteiger partial charge on any atom is -0.355 e. The number of amides is 1. The third kappa shape index (κ3) is 8.87. The summed E-state index contributed by atoms with van der Waals surface area (Å²) in [5.41, 5.74) is 0. The fourth-order valence-corrected chi connectivity index (χ4v) is 2.77. The molecule has 2 fully saturated rings. The number of hydrogen-bond donors (Lipinski definition) is 2. The molecule has 1 saturated carbocycles. The summed E-state index contributed by atoms with van der Waals surface area (Å²) >= 11 is 0. The smallest absolute Gasteiger partial charge is 0.233 e. The van der Waals surface area contributed by atoms with Crippen molar-refractivity contribution in [2.45, 2.75) is 51.5 Å². The number of nitrogens with one attached hydrogen (secondary N) is 2. The first-order valence-electron chi connectivity index (χ1n) is 7.97. The van der Waals surface area contributed by atoms with Crippen LogP contribution in [0.3, 0.4) is 0 Å². The van der Waals surface area contributed by atoms with Crippen molar-refractivity contribution in [2.24, 2.45) is 5.92 Å². The van der Waals surface area contributed by atoms with Gasteiger partial charge >= 0.3 is 0 Å². The number of carbonyl (C=O) groups excluding carboxylic acids is 1. The van der Waals surface area contributed by atoms with Crippen LogP contribution < -0.4 is 10.6 Å². The van der Waals surface area contributed by atoms with E-state index in [9.17, 15) is 4.79 Å². The van der Waals surface area contributed by atoms with Gasteiger partial charge in [-0.3, -0.25) is 4.79 Å². The number of carbonyl (C=O) groups is 1. The SMILES string of the molecule is CC1CCCCN1CCCNC(=O)CNCC1CC1.Cl.Cl. The molecule has 0 aromatic heterocycles. The fourth-order valence-electron chi connectivity index (χ4n) is 2.77. The summed E-state index contributed by atoms with van der Waals surface area (Å²) in [5.74, 6) is 0.987. The standard InChI is InChI=1S/C15H29N3O.2ClH/c1-13-5-2-3-9-18(13)10-4-8-17-15(19)12-16-11-14-6-7-14;;/h13-14,16H,2-12H2,1H3,(H,17,19);2*1H. The van der Waals surface area contributed by atoms with Crippen LogP contribution in [0.15, 0.2) is 0 Å². The van der Waals surface area contributed by atoms with Crippen LogP contribution in [0.2, 0.25) is 0 Å². The van der Waals surface area contributed by atoms with Gasteiger partial charge in [-0.1, -0.05) is 6.42 Å². The molecule has 1 unspecified atom stereocenters. The molecule has 4 nitrogen and oxygen atoms in total. The third-order valence-corrected chi connectivity index (χ3v) is 4.30. The number of likely N-dealkylation sites (tertiary alicyclic amines) is 1. The van der Waals surface area contributed by atoms with Gasteiger partial charge in [0.2, 0.25) is 5.91 Å². The molecule has 2 aliphatic rings. The van der Waals surface area contributed by atoms with Crippen molar-refractivity contribution in [1.29, 1.82) is 0 Å². The molecule has 1 atom stereocenters. The lowest BCUT2D eigenvalue weighted by Gasteiger charge is -2.33. The summed E-state index contributed by atoms with van der Waals surface area (Å²) in [5, 5.41) is 6.23. The van der Waals surface area contributed by atoms with Crippen LogP contribution in [0, 0.1) is 5.92 Å². The van der Waals surface area contributed by atoms with Gasteiger partial charge in [0.25, 0.3) is 0 Å². The molecule has 2 rings (SSSR count). The van der Waals surface area contributed by atoms with Gasteiger partial charge in [-0.15, -0.1) is 24.8 Å². The van der Waals surface area contributed by atoms with Crippen molar-refractivity contribution in [2.75, 3.05) is 32.7 Å². The lowest BCUT2D eigenvalue weighted by molar-refractivity contribution is -0.120. The highest BCUT2D eigenvalue weighted by Crippen LogP contribution is 2.27. The number of hydrogen-bond acceptors (Lipinski definition) is 3. The van der Waals surface area contributed by atoms with E-state index in [1.54, 1.807) is 0 Å². The predicted molar refractivity (Wildman–Crippen MR) is 92.6 cm³/mol. The van der Waals surface area contributed by atoms with Crippen LogP contribution >= 0.6 is 24.8 Å². The molecule has 1 saturated heterocycles. The summed E-state index contributed by atoms with van der Waals surface area (Å²) in [6, 6.07) is 0.727. The number of halogens is 2. The molecule has 1 heterocycles. The second-order valence-corrected chi connectivity index (χ2v) is 6.16. The fraction of sp³-hybridized carbons (Fsp3) is 0.933. The molecule has 0 aromatic carbocycles. The zero-order valence-electron chi connectivity index (χ0n) is 13.1. The molecule has 0 aromatic rings. The maximum absolute atomic E-state index is 11.6. The van der Waals surface area contributed by atoms with Crippen molar-refractivity contribution in [3.63, 3.8) is 0 Å². The first-order valence-corrected chi connectivity index (χ1v) is 7.97. The van der Waals surface area contributed by atoms with Gasteiger partial charge in [-0.25, -0.2) is 0 Å². The molecule has 0 bridgehead atoms. The van der Waals surface area contributed by atoms with Gasteiger partial charge in [0.1, 0.15) is 0 Å². The van der Waals surface area contributed by atoms with E-state index in [-0.39, 0.29) is 30.7 Å². The molecular formula is C15H31Cl2N3O. The Hall–Kier alpha value is -0.0300. The van der Waals surface area contributed by atoms with Crippen molar-refractivity contribution in [3.8, 4) is 0 Å². The van der Waals surface area contributed by atoms with E-state index in [0.717, 1.165) is 38.0 Å². The van der Waals surface area contributed by atoms with Gasteiger partial charge < -0.3 is 15.5 Å². The number of rotatable bonds is 8. The van der Waals surface area contributed by atoms with Crippen LogP contribution in [-0.2, 0) is 4.79 Å². The summed E-state index contributed by atoms with van der Waals surface area (Å²) in [6.45, 7) is 6.98. The lowest BCUT2D eigenvalue weighted by atomic mass is 10.0. The van der Waals surface area contributed by atoms with Crippen molar-refractivity contribution in [1.82, 2.24) is 15.5 Å². The second kappa shape index (κ2) is 11.5. The Morgan fingerprint density at radius 1 is 1.19 bits per heavy atom. The average molecular weight is 340 g/mol. The lowest BCUT2D eigenvalue weighted by Crippen LogP contribution is -2.40. The molecule has 21 heavy (non-hydrogen) atoms. The highest BCUT2D eigenvalue weighted by Gasteiger charge is 2.20. The predicted octanol–water partition coefficient (Wildman–Crippen LogP) is 2.21. The summed E-state index contributed by atoms with van der Waals surface area (Å²) < 4.78 is 0. The third-order valence-electron chi connectivity index (χ3n) is 4.30. The average Bonchev–Trinajstić information content (AvgIpc) is 3.21. The van der Waals surface area contributed by atoms with E-state index in [1.807, 2.05) is 0 Å². The van der Waals surface area contributed by atoms with Crippen LogP contribution in [-0.4, -0.2) is 49.6 Å². The van der Waals surface area contributed by atoms with Crippen molar-refractivity contribution in [3.05, 3.63) is 0 Å². The van der Waals surface area contributed by atoms with E-state index in [4.69, 9.17) is 0 Å². The van der Waals surface area contributed by atoms with Gasteiger partial charge in [-0.2, -0.15) is 0 Å². The van der Waals surface area contributed by atoms with Crippen LogP contribution in [0.1, 0.15) is 45.4 Å². The highest BCUT2D eigenvalue weighted by atomic mass is 35.5. The minimum absolute atomic E-state index is 0. The van der Waals surface area contributed by atoms with Crippen LogP contribution in [0.4, 0.5) is 0 Å². The van der Waals surface area contributed by atoms with Crippen molar-refractivity contribution < 1.29 is 4.79 Å². The largest absolute Gasteiger partial charge is 0.355 e. The molecular weight excluding hydrogens is 309 g/mol. The van der Waals surface area contributed by atoms with Gasteiger partial charge in [0.15, 0.2) is 0 Å². The minimum atomic E-state index is 0. The first-order chi connectivity index (χ1) is 9.25. The Kier molecular flexibility index (Phi) is 11.5. The Labute approximate surface area is 141 Å². The zero-order chi connectivity index (χ0) is 13.5. The maximum Gasteiger partial charge on any atom is 0.233 e. The Morgan fingerprint density at radius 3 is 2.62 bits per heavy atom. The Bertz CT molecular complexity index is 288.